The van der Waals surface area contributed by atoms with E-state index in [2.05, 4.69) is 10.3 Å². The second kappa shape index (κ2) is 7.34. The zero-order chi connectivity index (χ0) is 17.8. The van der Waals surface area contributed by atoms with Crippen molar-refractivity contribution >= 4 is 17.5 Å². The fraction of sp³-hybridized carbons (Fsp3) is 0.316. The maximum Gasteiger partial charge on any atom is 0.227 e. The van der Waals surface area contributed by atoms with Crippen molar-refractivity contribution in [3.63, 3.8) is 0 Å². The minimum absolute atomic E-state index is 0.0566. The van der Waals surface area contributed by atoms with Gasteiger partial charge in [0.05, 0.1) is 24.8 Å². The highest BCUT2D eigenvalue weighted by Crippen LogP contribution is 2.28. The lowest BCUT2D eigenvalue weighted by molar-refractivity contribution is -0.126. The first-order chi connectivity index (χ1) is 12.1. The van der Waals surface area contributed by atoms with E-state index in [-0.39, 0.29) is 30.2 Å². The van der Waals surface area contributed by atoms with Gasteiger partial charge in [-0.15, -0.1) is 0 Å². The van der Waals surface area contributed by atoms with Gasteiger partial charge in [-0.2, -0.15) is 0 Å². The fourth-order valence-corrected chi connectivity index (χ4v) is 2.95. The second-order valence-corrected chi connectivity index (χ2v) is 6.09. The van der Waals surface area contributed by atoms with E-state index < -0.39 is 0 Å². The van der Waals surface area contributed by atoms with Crippen LogP contribution in [0.1, 0.15) is 25.1 Å². The van der Waals surface area contributed by atoms with Crippen molar-refractivity contribution < 1.29 is 14.3 Å². The predicted molar refractivity (Wildman–Crippen MR) is 94.2 cm³/mol. The van der Waals surface area contributed by atoms with Gasteiger partial charge in [-0.1, -0.05) is 12.1 Å². The first kappa shape index (κ1) is 17.0. The summed E-state index contributed by atoms with van der Waals surface area (Å²) in [7, 11) is 1.58. The molecule has 0 radical (unpaired) electrons. The van der Waals surface area contributed by atoms with Crippen molar-refractivity contribution in [3.05, 3.63) is 54.4 Å². The third-order valence-electron chi connectivity index (χ3n) is 4.35. The Morgan fingerprint density at radius 3 is 2.88 bits per heavy atom. The van der Waals surface area contributed by atoms with Crippen molar-refractivity contribution in [2.24, 2.45) is 5.92 Å². The van der Waals surface area contributed by atoms with Crippen LogP contribution in [0.2, 0.25) is 0 Å². The van der Waals surface area contributed by atoms with Crippen LogP contribution < -0.4 is 15.0 Å². The highest BCUT2D eigenvalue weighted by Gasteiger charge is 2.35. The summed E-state index contributed by atoms with van der Waals surface area (Å²) < 4.78 is 5.20. The molecule has 2 amide bonds. The number of aromatic nitrogens is 1. The SMILES string of the molecule is COc1cccc(N2C[C@@H](C(=O)N[C@H](C)c3ccccn3)CC2=O)c1. The number of methoxy groups -OCH3 is 1. The lowest BCUT2D eigenvalue weighted by Gasteiger charge is -2.19. The number of rotatable bonds is 5. The van der Waals surface area contributed by atoms with Crippen molar-refractivity contribution in [1.29, 1.82) is 0 Å². The third-order valence-corrected chi connectivity index (χ3v) is 4.35. The van der Waals surface area contributed by atoms with E-state index >= 15 is 0 Å². The molecular formula is C19H21N3O3. The fourth-order valence-electron chi connectivity index (χ4n) is 2.95. The molecule has 1 aromatic carbocycles. The molecule has 1 aliphatic rings. The van der Waals surface area contributed by atoms with E-state index in [0.29, 0.717) is 12.3 Å². The maximum atomic E-state index is 12.5. The quantitative estimate of drug-likeness (QED) is 0.907. The van der Waals surface area contributed by atoms with E-state index in [1.165, 1.54) is 0 Å². The number of nitrogens with zero attached hydrogens (tertiary/aromatic N) is 2. The Labute approximate surface area is 146 Å². The average Bonchev–Trinajstić information content (AvgIpc) is 3.04. The zero-order valence-corrected chi connectivity index (χ0v) is 14.3. The number of nitrogens with one attached hydrogen (secondary N) is 1. The van der Waals surface area contributed by atoms with Crippen LogP contribution in [0.5, 0.6) is 5.75 Å². The van der Waals surface area contributed by atoms with Gasteiger partial charge in [-0.05, 0) is 31.2 Å². The monoisotopic (exact) mass is 339 g/mol. The molecule has 2 atom stereocenters. The maximum absolute atomic E-state index is 12.5. The molecule has 1 aromatic heterocycles. The minimum atomic E-state index is -0.370. The summed E-state index contributed by atoms with van der Waals surface area (Å²) in [5, 5.41) is 2.95. The smallest absolute Gasteiger partial charge is 0.227 e. The van der Waals surface area contributed by atoms with Crippen LogP contribution in [0.25, 0.3) is 0 Å². The number of amides is 2. The first-order valence-corrected chi connectivity index (χ1v) is 8.24. The molecular weight excluding hydrogens is 318 g/mol. The summed E-state index contributed by atoms with van der Waals surface area (Å²) in [5.41, 5.74) is 1.54. The standard InChI is InChI=1S/C19H21N3O3/c1-13(17-8-3-4-9-20-17)21-19(24)14-10-18(23)22(12-14)15-6-5-7-16(11-15)25-2/h3-9,11,13-14H,10,12H2,1-2H3,(H,21,24)/t13-,14+/m1/s1. The van der Waals surface area contributed by atoms with Crippen LogP contribution in [0, 0.1) is 5.92 Å². The van der Waals surface area contributed by atoms with E-state index in [4.69, 9.17) is 4.74 Å². The van der Waals surface area contributed by atoms with E-state index in [9.17, 15) is 9.59 Å². The average molecular weight is 339 g/mol. The summed E-state index contributed by atoms with van der Waals surface area (Å²) in [5.74, 6) is 0.127. The van der Waals surface area contributed by atoms with Gasteiger partial charge in [-0.25, -0.2) is 0 Å². The molecule has 1 fully saturated rings. The van der Waals surface area contributed by atoms with Gasteiger partial charge in [0.15, 0.2) is 0 Å². The van der Waals surface area contributed by atoms with Gasteiger partial charge < -0.3 is 15.0 Å². The number of ether oxygens (including phenoxy) is 1. The molecule has 1 N–H and O–H groups in total. The van der Waals surface area contributed by atoms with Gasteiger partial charge in [0.1, 0.15) is 5.75 Å². The first-order valence-electron chi connectivity index (χ1n) is 8.24. The summed E-state index contributed by atoms with van der Waals surface area (Å²) in [6.45, 7) is 2.25. The molecule has 0 spiro atoms. The van der Waals surface area contributed by atoms with Crippen LogP contribution in [-0.2, 0) is 9.59 Å². The molecule has 0 saturated carbocycles. The molecule has 2 heterocycles. The molecule has 0 bridgehead atoms. The van der Waals surface area contributed by atoms with Crippen LogP contribution in [0.3, 0.4) is 0 Å². The van der Waals surface area contributed by atoms with E-state index in [1.54, 1.807) is 24.3 Å². The Hall–Kier alpha value is -2.89. The van der Waals surface area contributed by atoms with Gasteiger partial charge in [0.2, 0.25) is 11.8 Å². The van der Waals surface area contributed by atoms with Crippen LogP contribution in [0.4, 0.5) is 5.69 Å². The molecule has 6 heteroatoms. The summed E-state index contributed by atoms with van der Waals surface area (Å²) in [6.07, 6.45) is 1.90. The Balaban J connectivity index is 1.66. The number of hydrogen-bond acceptors (Lipinski definition) is 4. The zero-order valence-electron chi connectivity index (χ0n) is 14.3. The van der Waals surface area contributed by atoms with Crippen molar-refractivity contribution in [3.8, 4) is 5.75 Å². The Morgan fingerprint density at radius 1 is 1.32 bits per heavy atom. The molecule has 0 aliphatic carbocycles. The van der Waals surface area contributed by atoms with Crippen molar-refractivity contribution in [2.75, 3.05) is 18.6 Å². The van der Waals surface area contributed by atoms with Gasteiger partial charge >= 0.3 is 0 Å². The summed E-state index contributed by atoms with van der Waals surface area (Å²) in [4.78, 5) is 30.8. The minimum Gasteiger partial charge on any atom is -0.497 e. The molecule has 1 aliphatic heterocycles. The van der Waals surface area contributed by atoms with Gasteiger partial charge in [-0.3, -0.25) is 14.6 Å². The normalized spacial score (nSPS) is 18.1. The van der Waals surface area contributed by atoms with Crippen molar-refractivity contribution in [2.45, 2.75) is 19.4 Å². The Bertz CT molecular complexity index is 764. The summed E-state index contributed by atoms with van der Waals surface area (Å²) in [6, 6.07) is 12.7. The van der Waals surface area contributed by atoms with E-state index in [1.807, 2.05) is 43.3 Å². The highest BCUT2D eigenvalue weighted by molar-refractivity contribution is 6.00. The molecule has 0 unspecified atom stereocenters. The van der Waals surface area contributed by atoms with Crippen molar-refractivity contribution in [1.82, 2.24) is 10.3 Å². The molecule has 1 saturated heterocycles. The predicted octanol–water partition coefficient (Wildman–Crippen LogP) is 2.32. The van der Waals surface area contributed by atoms with Crippen LogP contribution >= 0.6 is 0 Å². The lowest BCUT2D eigenvalue weighted by Crippen LogP contribution is -2.34. The number of anilines is 1. The highest BCUT2D eigenvalue weighted by atomic mass is 16.5. The largest absolute Gasteiger partial charge is 0.497 e. The van der Waals surface area contributed by atoms with E-state index in [0.717, 1.165) is 11.4 Å². The van der Waals surface area contributed by atoms with Crippen LogP contribution in [-0.4, -0.2) is 30.5 Å². The number of carbonyl (C=O) groups excluding carboxylic acids is 2. The molecule has 2 aromatic rings. The number of carbonyl (C=O) groups is 2. The topological polar surface area (TPSA) is 71.5 Å². The number of benzene rings is 1. The molecule has 3 rings (SSSR count). The number of pyridine rings is 1. The third kappa shape index (κ3) is 3.79. The Kier molecular flexibility index (Phi) is 4.97. The number of hydrogen-bond donors (Lipinski definition) is 1. The second-order valence-electron chi connectivity index (χ2n) is 6.09. The lowest BCUT2D eigenvalue weighted by atomic mass is 10.1. The molecule has 25 heavy (non-hydrogen) atoms. The van der Waals surface area contributed by atoms with Gasteiger partial charge in [0.25, 0.3) is 0 Å². The Morgan fingerprint density at radius 2 is 2.16 bits per heavy atom. The molecule has 130 valence electrons. The molecule has 6 nitrogen and oxygen atoms in total. The summed E-state index contributed by atoms with van der Waals surface area (Å²) >= 11 is 0. The van der Waals surface area contributed by atoms with Gasteiger partial charge in [0, 0.05) is 30.9 Å². The van der Waals surface area contributed by atoms with Crippen LogP contribution in [0.15, 0.2) is 48.7 Å².